The Labute approximate surface area is 145 Å². The third-order valence-corrected chi connectivity index (χ3v) is 4.41. The topological polar surface area (TPSA) is 64.5 Å². The second-order valence-electron chi connectivity index (χ2n) is 5.89. The second kappa shape index (κ2) is 6.14. The van der Waals surface area contributed by atoms with Crippen molar-refractivity contribution in [2.24, 2.45) is 0 Å². The molecule has 0 spiro atoms. The fourth-order valence-corrected chi connectivity index (χ4v) is 3.07. The van der Waals surface area contributed by atoms with Gasteiger partial charge in [-0.05, 0) is 36.2 Å². The lowest BCUT2D eigenvalue weighted by Gasteiger charge is -2.15. The van der Waals surface area contributed by atoms with E-state index < -0.39 is 0 Å². The molecule has 4 rings (SSSR count). The summed E-state index contributed by atoms with van der Waals surface area (Å²) < 4.78 is 0. The van der Waals surface area contributed by atoms with Crippen LogP contribution >= 0.6 is 0 Å². The smallest absolute Gasteiger partial charge is 0.103 e. The van der Waals surface area contributed by atoms with E-state index in [0.29, 0.717) is 5.56 Å². The minimum absolute atomic E-state index is 0.523. The molecule has 2 aromatic heterocycles. The van der Waals surface area contributed by atoms with E-state index in [-0.39, 0.29) is 0 Å². The van der Waals surface area contributed by atoms with E-state index in [1.54, 1.807) is 12.4 Å². The molecule has 0 fully saturated rings. The number of aryl methyl sites for hydroxylation is 1. The summed E-state index contributed by atoms with van der Waals surface area (Å²) in [6.45, 7) is 2.08. The summed E-state index contributed by atoms with van der Waals surface area (Å²) in [7, 11) is 0. The summed E-state index contributed by atoms with van der Waals surface area (Å²) in [4.78, 5) is 7.45. The predicted octanol–water partition coefficient (Wildman–Crippen LogP) is 5.15. The number of fused-ring (bicyclic) bond motifs is 1. The average Bonchev–Trinajstić information content (AvgIpc) is 3.14. The van der Waals surface area contributed by atoms with Gasteiger partial charge in [0, 0.05) is 40.7 Å². The van der Waals surface area contributed by atoms with Gasteiger partial charge in [0.05, 0.1) is 11.3 Å². The zero-order valence-corrected chi connectivity index (χ0v) is 13.7. The lowest BCUT2D eigenvalue weighted by Crippen LogP contribution is -1.99. The van der Waals surface area contributed by atoms with E-state index in [2.05, 4.69) is 34.3 Å². The van der Waals surface area contributed by atoms with Crippen LogP contribution in [0.3, 0.4) is 0 Å². The van der Waals surface area contributed by atoms with Crippen molar-refractivity contribution < 1.29 is 0 Å². The molecule has 0 aliphatic rings. The van der Waals surface area contributed by atoms with Gasteiger partial charge in [-0.25, -0.2) is 0 Å². The Hall–Kier alpha value is -3.58. The normalized spacial score (nSPS) is 10.6. The van der Waals surface area contributed by atoms with Crippen molar-refractivity contribution in [3.05, 3.63) is 78.2 Å². The summed E-state index contributed by atoms with van der Waals surface area (Å²) in [5.41, 5.74) is 6.45. The molecule has 4 nitrogen and oxygen atoms in total. The molecule has 2 heterocycles. The molecule has 0 unspecified atom stereocenters. The van der Waals surface area contributed by atoms with Crippen LogP contribution in [-0.4, -0.2) is 9.97 Å². The third kappa shape index (κ3) is 2.62. The molecular weight excluding hydrogens is 308 g/mol. The summed E-state index contributed by atoms with van der Waals surface area (Å²) in [6.07, 6.45) is 5.32. The monoisotopic (exact) mass is 324 g/mol. The zero-order chi connectivity index (χ0) is 17.2. The Morgan fingerprint density at radius 1 is 1.04 bits per heavy atom. The van der Waals surface area contributed by atoms with Crippen LogP contribution in [0.1, 0.15) is 11.1 Å². The Kier molecular flexibility index (Phi) is 3.68. The fourth-order valence-electron chi connectivity index (χ4n) is 3.07. The fraction of sp³-hybridized carbons (Fsp3) is 0.0476. The van der Waals surface area contributed by atoms with Crippen LogP contribution < -0.4 is 5.32 Å². The van der Waals surface area contributed by atoms with Crippen LogP contribution in [0.4, 0.5) is 11.4 Å². The van der Waals surface area contributed by atoms with Gasteiger partial charge >= 0.3 is 0 Å². The van der Waals surface area contributed by atoms with Gasteiger partial charge < -0.3 is 10.3 Å². The number of hydrogen-bond donors (Lipinski definition) is 2. The van der Waals surface area contributed by atoms with E-state index >= 15 is 0 Å². The summed E-state index contributed by atoms with van der Waals surface area (Å²) in [5, 5.41) is 14.2. The molecule has 4 heteroatoms. The van der Waals surface area contributed by atoms with Gasteiger partial charge in [0.2, 0.25) is 0 Å². The minimum atomic E-state index is 0.523. The summed E-state index contributed by atoms with van der Waals surface area (Å²) in [6, 6.07) is 18.4. The molecule has 25 heavy (non-hydrogen) atoms. The first-order chi connectivity index (χ1) is 12.3. The van der Waals surface area contributed by atoms with Crippen molar-refractivity contribution in [2.45, 2.75) is 6.92 Å². The molecule has 0 atom stereocenters. The maximum absolute atomic E-state index is 9.54. The number of anilines is 2. The number of nitrogens with one attached hydrogen (secondary N) is 2. The molecule has 120 valence electrons. The van der Waals surface area contributed by atoms with Crippen molar-refractivity contribution in [3.63, 3.8) is 0 Å². The van der Waals surface area contributed by atoms with Crippen LogP contribution in [0.2, 0.25) is 0 Å². The number of nitriles is 1. The van der Waals surface area contributed by atoms with E-state index in [1.165, 1.54) is 5.39 Å². The van der Waals surface area contributed by atoms with Crippen molar-refractivity contribution in [1.82, 2.24) is 9.97 Å². The van der Waals surface area contributed by atoms with Crippen LogP contribution in [0.5, 0.6) is 0 Å². The Morgan fingerprint density at radius 3 is 2.68 bits per heavy atom. The molecule has 0 saturated carbocycles. The first kappa shape index (κ1) is 15.0. The predicted molar refractivity (Wildman–Crippen MR) is 101 cm³/mol. The van der Waals surface area contributed by atoms with E-state index in [0.717, 1.165) is 33.6 Å². The van der Waals surface area contributed by atoms with Gasteiger partial charge in [0.1, 0.15) is 6.07 Å². The lowest BCUT2D eigenvalue weighted by molar-refractivity contribution is 1.29. The SMILES string of the molecule is Cc1c(Nc2c(C#N)cncc2-c2ccccc2)ccc2[nH]ccc12. The number of aromatic amines is 1. The molecular formula is C21H16N4. The van der Waals surface area contributed by atoms with Gasteiger partial charge in [-0.1, -0.05) is 30.3 Å². The molecule has 4 aromatic rings. The van der Waals surface area contributed by atoms with Crippen molar-refractivity contribution >= 4 is 22.3 Å². The number of pyridine rings is 1. The molecule has 2 aromatic carbocycles. The van der Waals surface area contributed by atoms with Crippen molar-refractivity contribution in [2.75, 3.05) is 5.32 Å². The molecule has 0 aliphatic carbocycles. The third-order valence-electron chi connectivity index (χ3n) is 4.41. The standard InChI is InChI=1S/C21H16N4/c1-14-17-9-10-24-20(17)8-7-19(14)25-21-16(11-22)12-23-13-18(21)15-5-3-2-4-6-15/h2-10,12-13,24H,1H3,(H,23,25). The zero-order valence-electron chi connectivity index (χ0n) is 13.7. The lowest BCUT2D eigenvalue weighted by atomic mass is 10.0. The first-order valence-electron chi connectivity index (χ1n) is 8.05. The van der Waals surface area contributed by atoms with E-state index in [9.17, 15) is 5.26 Å². The van der Waals surface area contributed by atoms with Gasteiger partial charge in [0.25, 0.3) is 0 Å². The average molecular weight is 324 g/mol. The molecule has 0 saturated heterocycles. The minimum Gasteiger partial charge on any atom is -0.361 e. The van der Waals surface area contributed by atoms with Crippen LogP contribution in [0, 0.1) is 18.3 Å². The number of benzene rings is 2. The molecule has 2 N–H and O–H groups in total. The first-order valence-corrected chi connectivity index (χ1v) is 8.05. The number of H-pyrrole nitrogens is 1. The van der Waals surface area contributed by atoms with Gasteiger partial charge in [-0.3, -0.25) is 4.98 Å². The molecule has 0 aliphatic heterocycles. The largest absolute Gasteiger partial charge is 0.361 e. The summed E-state index contributed by atoms with van der Waals surface area (Å²) >= 11 is 0. The van der Waals surface area contributed by atoms with Gasteiger partial charge in [-0.15, -0.1) is 0 Å². The highest BCUT2D eigenvalue weighted by Crippen LogP contribution is 2.34. The Balaban J connectivity index is 1.87. The van der Waals surface area contributed by atoms with Crippen LogP contribution in [-0.2, 0) is 0 Å². The molecule has 0 radical (unpaired) electrons. The highest BCUT2D eigenvalue weighted by Gasteiger charge is 2.13. The second-order valence-corrected chi connectivity index (χ2v) is 5.89. The molecule has 0 bridgehead atoms. The molecule has 0 amide bonds. The highest BCUT2D eigenvalue weighted by atomic mass is 14.9. The van der Waals surface area contributed by atoms with Crippen LogP contribution in [0.25, 0.3) is 22.0 Å². The number of hydrogen-bond acceptors (Lipinski definition) is 3. The van der Waals surface area contributed by atoms with Crippen LogP contribution in [0.15, 0.2) is 67.1 Å². The van der Waals surface area contributed by atoms with E-state index in [4.69, 9.17) is 0 Å². The van der Waals surface area contributed by atoms with Gasteiger partial charge in [0.15, 0.2) is 0 Å². The number of aromatic nitrogens is 2. The maximum atomic E-state index is 9.54. The van der Waals surface area contributed by atoms with Crippen molar-refractivity contribution in [3.8, 4) is 17.2 Å². The van der Waals surface area contributed by atoms with Crippen molar-refractivity contribution in [1.29, 1.82) is 5.26 Å². The Morgan fingerprint density at radius 2 is 1.88 bits per heavy atom. The van der Waals surface area contributed by atoms with Gasteiger partial charge in [-0.2, -0.15) is 5.26 Å². The number of nitrogens with zero attached hydrogens (tertiary/aromatic N) is 2. The Bertz CT molecular complexity index is 1090. The maximum Gasteiger partial charge on any atom is 0.103 e. The quantitative estimate of drug-likeness (QED) is 0.547. The summed E-state index contributed by atoms with van der Waals surface area (Å²) in [5.74, 6) is 0. The highest BCUT2D eigenvalue weighted by molar-refractivity contribution is 5.91. The van der Waals surface area contributed by atoms with E-state index in [1.807, 2.05) is 48.7 Å². The number of rotatable bonds is 3.